The first kappa shape index (κ1) is 13.7. The van der Waals surface area contributed by atoms with Crippen LogP contribution in [0.4, 0.5) is 11.5 Å². The minimum Gasteiger partial charge on any atom is -0.416 e. The summed E-state index contributed by atoms with van der Waals surface area (Å²) in [6, 6.07) is 5.87. The number of hydrogen-bond donors (Lipinski definition) is 1. The summed E-state index contributed by atoms with van der Waals surface area (Å²) in [4.78, 5) is 18.1. The Hall–Kier alpha value is -1.74. The molecule has 7 nitrogen and oxygen atoms in total. The van der Waals surface area contributed by atoms with E-state index >= 15 is 0 Å². The molecular formula is C10H6Br2N4O3. The summed E-state index contributed by atoms with van der Waals surface area (Å²) >= 11 is 6.32. The van der Waals surface area contributed by atoms with Crippen molar-refractivity contribution < 1.29 is 9.66 Å². The average Bonchev–Trinajstić information content (AvgIpc) is 2.30. The number of aromatic nitrogens is 2. The molecule has 0 bridgehead atoms. The molecule has 1 aromatic heterocycles. The number of nitrogens with two attached hydrogens (primary N) is 1. The van der Waals surface area contributed by atoms with Crippen molar-refractivity contribution in [3.05, 3.63) is 43.5 Å². The SMILES string of the molecule is Nc1cc(Br)nc(Oc2c(Br)cccc2[N+](=O)[O-])n1. The fourth-order valence-electron chi connectivity index (χ4n) is 1.29. The van der Waals surface area contributed by atoms with Crippen LogP contribution in [0.1, 0.15) is 0 Å². The molecule has 0 fully saturated rings. The highest BCUT2D eigenvalue weighted by molar-refractivity contribution is 9.10. The largest absolute Gasteiger partial charge is 0.416 e. The fraction of sp³-hybridized carbons (Fsp3) is 0. The van der Waals surface area contributed by atoms with E-state index in [4.69, 9.17) is 10.5 Å². The van der Waals surface area contributed by atoms with Gasteiger partial charge >= 0.3 is 11.7 Å². The third-order valence-electron chi connectivity index (χ3n) is 2.03. The van der Waals surface area contributed by atoms with E-state index in [-0.39, 0.29) is 23.3 Å². The predicted octanol–water partition coefficient (Wildman–Crippen LogP) is 3.28. The Balaban J connectivity index is 2.45. The summed E-state index contributed by atoms with van der Waals surface area (Å²) in [6.45, 7) is 0. The number of nitrogen functional groups attached to an aromatic ring is 1. The maximum absolute atomic E-state index is 10.9. The molecule has 0 saturated heterocycles. The quantitative estimate of drug-likeness (QED) is 0.490. The Morgan fingerprint density at radius 3 is 2.68 bits per heavy atom. The van der Waals surface area contributed by atoms with Crippen LogP contribution >= 0.6 is 31.9 Å². The lowest BCUT2D eigenvalue weighted by atomic mass is 10.3. The van der Waals surface area contributed by atoms with E-state index in [1.54, 1.807) is 6.07 Å². The van der Waals surface area contributed by atoms with Gasteiger partial charge < -0.3 is 10.5 Å². The summed E-state index contributed by atoms with van der Waals surface area (Å²) in [7, 11) is 0. The van der Waals surface area contributed by atoms with Gasteiger partial charge in [0.25, 0.3) is 0 Å². The van der Waals surface area contributed by atoms with Crippen LogP contribution in [0.25, 0.3) is 0 Å². The summed E-state index contributed by atoms with van der Waals surface area (Å²) < 4.78 is 6.18. The average molecular weight is 390 g/mol. The molecule has 0 amide bonds. The number of rotatable bonds is 3. The first-order chi connectivity index (χ1) is 8.97. The Kier molecular flexibility index (Phi) is 3.96. The maximum atomic E-state index is 10.9. The van der Waals surface area contributed by atoms with Crippen LogP contribution in [0.3, 0.4) is 0 Å². The number of para-hydroxylation sites is 1. The van der Waals surface area contributed by atoms with Gasteiger partial charge in [0.2, 0.25) is 5.75 Å². The minimum absolute atomic E-state index is 0.0185. The number of nitro groups is 1. The molecule has 0 aliphatic carbocycles. The zero-order valence-corrected chi connectivity index (χ0v) is 12.4. The van der Waals surface area contributed by atoms with Crippen molar-refractivity contribution >= 4 is 43.4 Å². The van der Waals surface area contributed by atoms with E-state index in [0.717, 1.165) is 0 Å². The highest BCUT2D eigenvalue weighted by Crippen LogP contribution is 2.37. The van der Waals surface area contributed by atoms with E-state index in [0.29, 0.717) is 9.08 Å². The number of benzene rings is 1. The lowest BCUT2D eigenvalue weighted by Crippen LogP contribution is -1.99. The zero-order valence-electron chi connectivity index (χ0n) is 9.21. The fourth-order valence-corrected chi connectivity index (χ4v) is 2.12. The van der Waals surface area contributed by atoms with Gasteiger partial charge in [-0.3, -0.25) is 10.1 Å². The molecule has 1 aromatic carbocycles. The van der Waals surface area contributed by atoms with Crippen LogP contribution < -0.4 is 10.5 Å². The van der Waals surface area contributed by atoms with E-state index < -0.39 is 4.92 Å². The Morgan fingerprint density at radius 1 is 1.32 bits per heavy atom. The Morgan fingerprint density at radius 2 is 2.05 bits per heavy atom. The molecule has 0 unspecified atom stereocenters. The topological polar surface area (TPSA) is 104 Å². The van der Waals surface area contributed by atoms with Gasteiger partial charge in [0.05, 0.1) is 9.40 Å². The molecule has 0 spiro atoms. The molecule has 2 N–H and O–H groups in total. The number of nitro benzene ring substituents is 1. The normalized spacial score (nSPS) is 10.2. The van der Waals surface area contributed by atoms with Crippen LogP contribution in [-0.4, -0.2) is 14.9 Å². The van der Waals surface area contributed by atoms with Crippen molar-refractivity contribution in [2.24, 2.45) is 0 Å². The van der Waals surface area contributed by atoms with Crippen LogP contribution in [0.15, 0.2) is 33.3 Å². The number of hydrogen-bond acceptors (Lipinski definition) is 6. The first-order valence-electron chi connectivity index (χ1n) is 4.88. The second-order valence-electron chi connectivity index (χ2n) is 3.35. The zero-order chi connectivity index (χ0) is 14.0. The lowest BCUT2D eigenvalue weighted by molar-refractivity contribution is -0.385. The lowest BCUT2D eigenvalue weighted by Gasteiger charge is -2.07. The van der Waals surface area contributed by atoms with Gasteiger partial charge in [-0.15, -0.1) is 0 Å². The van der Waals surface area contributed by atoms with E-state index in [1.807, 2.05) is 0 Å². The summed E-state index contributed by atoms with van der Waals surface area (Å²) in [5, 5.41) is 10.9. The van der Waals surface area contributed by atoms with Crippen molar-refractivity contribution in [2.45, 2.75) is 0 Å². The smallest absolute Gasteiger partial charge is 0.325 e. The molecule has 98 valence electrons. The van der Waals surface area contributed by atoms with Crippen molar-refractivity contribution in [3.63, 3.8) is 0 Å². The molecule has 0 atom stereocenters. The second-order valence-corrected chi connectivity index (χ2v) is 5.01. The van der Waals surface area contributed by atoms with E-state index in [2.05, 4.69) is 41.8 Å². The molecule has 0 aliphatic rings. The van der Waals surface area contributed by atoms with Gasteiger partial charge in [0.1, 0.15) is 10.4 Å². The van der Waals surface area contributed by atoms with Crippen LogP contribution in [0.5, 0.6) is 11.8 Å². The Labute approximate surface area is 124 Å². The van der Waals surface area contributed by atoms with Crippen molar-refractivity contribution in [1.82, 2.24) is 9.97 Å². The van der Waals surface area contributed by atoms with Crippen LogP contribution in [-0.2, 0) is 0 Å². The summed E-state index contributed by atoms with van der Waals surface area (Å²) in [5.74, 6) is 0.205. The van der Waals surface area contributed by atoms with Gasteiger partial charge in [-0.25, -0.2) is 0 Å². The molecule has 19 heavy (non-hydrogen) atoms. The minimum atomic E-state index is -0.554. The summed E-state index contributed by atoms with van der Waals surface area (Å²) in [6.07, 6.45) is 0. The highest BCUT2D eigenvalue weighted by atomic mass is 79.9. The third kappa shape index (κ3) is 3.18. The van der Waals surface area contributed by atoms with Crippen LogP contribution in [0.2, 0.25) is 0 Å². The maximum Gasteiger partial charge on any atom is 0.325 e. The molecule has 1 heterocycles. The molecule has 2 aromatic rings. The first-order valence-corrected chi connectivity index (χ1v) is 6.47. The van der Waals surface area contributed by atoms with Gasteiger partial charge in [-0.05, 0) is 37.9 Å². The molecule has 0 aliphatic heterocycles. The van der Waals surface area contributed by atoms with E-state index in [9.17, 15) is 10.1 Å². The number of nitrogens with zero attached hydrogens (tertiary/aromatic N) is 3. The standard InChI is InChI=1S/C10H6Br2N4O3/c11-5-2-1-3-6(16(17)18)9(5)19-10-14-7(12)4-8(13)15-10/h1-4H,(H2,13,14,15). The number of halogens is 2. The molecular weight excluding hydrogens is 384 g/mol. The second kappa shape index (κ2) is 5.49. The third-order valence-corrected chi connectivity index (χ3v) is 3.06. The molecule has 2 rings (SSSR count). The molecule has 0 radical (unpaired) electrons. The van der Waals surface area contributed by atoms with Gasteiger partial charge in [0.15, 0.2) is 0 Å². The molecule has 9 heteroatoms. The van der Waals surface area contributed by atoms with Crippen molar-refractivity contribution in [1.29, 1.82) is 0 Å². The van der Waals surface area contributed by atoms with Crippen molar-refractivity contribution in [2.75, 3.05) is 5.73 Å². The summed E-state index contributed by atoms with van der Waals surface area (Å²) in [5.41, 5.74) is 5.34. The number of anilines is 1. The van der Waals surface area contributed by atoms with Crippen LogP contribution in [0, 0.1) is 10.1 Å². The predicted molar refractivity (Wildman–Crippen MR) is 75.0 cm³/mol. The Bertz CT molecular complexity index is 630. The number of ether oxygens (including phenoxy) is 1. The monoisotopic (exact) mass is 388 g/mol. The highest BCUT2D eigenvalue weighted by Gasteiger charge is 2.20. The van der Waals surface area contributed by atoms with Gasteiger partial charge in [-0.2, -0.15) is 9.97 Å². The van der Waals surface area contributed by atoms with Gasteiger partial charge in [0, 0.05) is 12.1 Å². The molecule has 0 saturated carbocycles. The van der Waals surface area contributed by atoms with Crippen molar-refractivity contribution in [3.8, 4) is 11.8 Å². The van der Waals surface area contributed by atoms with Gasteiger partial charge in [-0.1, -0.05) is 6.07 Å². The van der Waals surface area contributed by atoms with E-state index in [1.165, 1.54) is 18.2 Å².